The highest BCUT2D eigenvalue weighted by molar-refractivity contribution is 6.07. The predicted octanol–water partition coefficient (Wildman–Crippen LogP) is 4.24. The van der Waals surface area contributed by atoms with Crippen LogP contribution in [0.4, 0.5) is 0 Å². The van der Waals surface area contributed by atoms with Gasteiger partial charge in [0.25, 0.3) is 0 Å². The molecule has 1 aliphatic carbocycles. The Balaban J connectivity index is 1.66. The summed E-state index contributed by atoms with van der Waals surface area (Å²) in [6.45, 7) is 0.258. The molecule has 0 saturated carbocycles. The molecule has 0 atom stereocenters. The van der Waals surface area contributed by atoms with Crippen molar-refractivity contribution in [3.05, 3.63) is 64.8 Å². The molecule has 0 radical (unpaired) electrons. The van der Waals surface area contributed by atoms with E-state index in [9.17, 15) is 4.79 Å². The molecule has 2 aromatic carbocycles. The van der Waals surface area contributed by atoms with Gasteiger partial charge in [-0.3, -0.25) is 0 Å². The Morgan fingerprint density at radius 1 is 1.11 bits per heavy atom. The zero-order valence-corrected chi connectivity index (χ0v) is 14.8. The van der Waals surface area contributed by atoms with Crippen LogP contribution in [0.15, 0.2) is 42.5 Å². The summed E-state index contributed by atoms with van der Waals surface area (Å²) >= 11 is 0. The number of methoxy groups -OCH3 is 1. The van der Waals surface area contributed by atoms with Crippen LogP contribution >= 0.6 is 0 Å². The highest BCUT2D eigenvalue weighted by atomic mass is 16.7. The van der Waals surface area contributed by atoms with Gasteiger partial charge in [-0.1, -0.05) is 24.3 Å². The number of pyridine rings is 1. The predicted molar refractivity (Wildman–Crippen MR) is 102 cm³/mol. The molecular formula is C22H17NO4. The second-order valence-electron chi connectivity index (χ2n) is 6.60. The van der Waals surface area contributed by atoms with Crippen LogP contribution in [0.3, 0.4) is 0 Å². The lowest BCUT2D eigenvalue weighted by molar-refractivity contribution is 0.0602. The van der Waals surface area contributed by atoms with E-state index in [1.54, 1.807) is 0 Å². The van der Waals surface area contributed by atoms with Gasteiger partial charge in [0.15, 0.2) is 11.5 Å². The molecule has 5 rings (SSSR count). The Morgan fingerprint density at radius 2 is 1.96 bits per heavy atom. The molecule has 0 N–H and O–H groups in total. The van der Waals surface area contributed by atoms with Gasteiger partial charge in [0.05, 0.1) is 23.9 Å². The van der Waals surface area contributed by atoms with Gasteiger partial charge < -0.3 is 14.2 Å². The number of allylic oxidation sites excluding steroid dienone is 1. The Kier molecular flexibility index (Phi) is 3.60. The van der Waals surface area contributed by atoms with Gasteiger partial charge in [-0.15, -0.1) is 0 Å². The molecule has 3 aromatic rings. The number of nitrogens with zero attached hydrogens (tertiary/aromatic N) is 1. The SMILES string of the molecule is COC(=O)c1c2c(nc3ccccc13)C(=Cc1ccc3c(c1)OCO3)CC2. The normalized spacial score (nSPS) is 16.0. The van der Waals surface area contributed by atoms with E-state index in [4.69, 9.17) is 19.2 Å². The van der Waals surface area contributed by atoms with Crippen LogP contribution < -0.4 is 9.47 Å². The van der Waals surface area contributed by atoms with Gasteiger partial charge in [0.1, 0.15) is 0 Å². The number of para-hydroxylation sites is 1. The van der Waals surface area contributed by atoms with Crippen molar-refractivity contribution in [1.29, 1.82) is 0 Å². The van der Waals surface area contributed by atoms with Crippen molar-refractivity contribution < 1.29 is 19.0 Å². The number of aromatic nitrogens is 1. The van der Waals surface area contributed by atoms with Gasteiger partial charge in [0, 0.05) is 5.39 Å². The molecule has 0 spiro atoms. The van der Waals surface area contributed by atoms with Crippen LogP contribution in [0.1, 0.15) is 33.6 Å². The lowest BCUT2D eigenvalue weighted by Gasteiger charge is -2.10. The molecule has 2 aliphatic rings. The minimum absolute atomic E-state index is 0.258. The number of hydrogen-bond acceptors (Lipinski definition) is 5. The van der Waals surface area contributed by atoms with Crippen molar-refractivity contribution in [3.63, 3.8) is 0 Å². The summed E-state index contributed by atoms with van der Waals surface area (Å²) in [5.41, 5.74) is 5.41. The summed E-state index contributed by atoms with van der Waals surface area (Å²) in [4.78, 5) is 17.3. The average molecular weight is 359 g/mol. The van der Waals surface area contributed by atoms with E-state index in [1.807, 2.05) is 42.5 Å². The number of benzene rings is 2. The van der Waals surface area contributed by atoms with E-state index in [-0.39, 0.29) is 12.8 Å². The molecule has 2 heterocycles. The fourth-order valence-electron chi connectivity index (χ4n) is 3.82. The molecule has 1 aromatic heterocycles. The molecule has 0 fully saturated rings. The second-order valence-corrected chi connectivity index (χ2v) is 6.60. The zero-order valence-electron chi connectivity index (χ0n) is 14.8. The molecule has 5 nitrogen and oxygen atoms in total. The summed E-state index contributed by atoms with van der Waals surface area (Å²) in [7, 11) is 1.42. The molecule has 5 heteroatoms. The van der Waals surface area contributed by atoms with Crippen LogP contribution in [0.25, 0.3) is 22.6 Å². The monoisotopic (exact) mass is 359 g/mol. The van der Waals surface area contributed by atoms with Crippen molar-refractivity contribution in [1.82, 2.24) is 4.98 Å². The Hall–Kier alpha value is -3.34. The van der Waals surface area contributed by atoms with E-state index in [0.717, 1.165) is 57.6 Å². The number of esters is 1. The van der Waals surface area contributed by atoms with Crippen LogP contribution in [0.2, 0.25) is 0 Å². The third kappa shape index (κ3) is 2.54. The van der Waals surface area contributed by atoms with E-state index in [0.29, 0.717) is 5.56 Å². The summed E-state index contributed by atoms with van der Waals surface area (Å²) in [6.07, 6.45) is 3.71. The summed E-state index contributed by atoms with van der Waals surface area (Å²) in [5, 5.41) is 0.840. The number of carbonyl (C=O) groups is 1. The molecule has 27 heavy (non-hydrogen) atoms. The highest BCUT2D eigenvalue weighted by Crippen LogP contribution is 2.39. The highest BCUT2D eigenvalue weighted by Gasteiger charge is 2.27. The largest absolute Gasteiger partial charge is 0.465 e. The van der Waals surface area contributed by atoms with Gasteiger partial charge in [-0.2, -0.15) is 0 Å². The van der Waals surface area contributed by atoms with Crippen LogP contribution in [0.5, 0.6) is 11.5 Å². The van der Waals surface area contributed by atoms with Crippen molar-refractivity contribution in [3.8, 4) is 11.5 Å². The lowest BCUT2D eigenvalue weighted by Crippen LogP contribution is -2.08. The number of rotatable bonds is 2. The van der Waals surface area contributed by atoms with Gasteiger partial charge >= 0.3 is 5.97 Å². The molecular weight excluding hydrogens is 342 g/mol. The maximum Gasteiger partial charge on any atom is 0.338 e. The fourth-order valence-corrected chi connectivity index (χ4v) is 3.82. The number of hydrogen-bond donors (Lipinski definition) is 0. The Bertz CT molecular complexity index is 1120. The maximum atomic E-state index is 12.5. The van der Waals surface area contributed by atoms with E-state index < -0.39 is 0 Å². The van der Waals surface area contributed by atoms with Gasteiger partial charge in [-0.05, 0) is 53.8 Å². The van der Waals surface area contributed by atoms with Crippen molar-refractivity contribution in [2.45, 2.75) is 12.8 Å². The number of fused-ring (bicyclic) bond motifs is 3. The summed E-state index contributed by atoms with van der Waals surface area (Å²) in [5.74, 6) is 1.21. The molecule has 0 amide bonds. The lowest BCUT2D eigenvalue weighted by atomic mass is 10.0. The third-order valence-corrected chi connectivity index (χ3v) is 5.07. The van der Waals surface area contributed by atoms with Gasteiger partial charge in [-0.25, -0.2) is 9.78 Å². The first-order valence-electron chi connectivity index (χ1n) is 8.85. The van der Waals surface area contributed by atoms with E-state index >= 15 is 0 Å². The first-order valence-corrected chi connectivity index (χ1v) is 8.85. The maximum absolute atomic E-state index is 12.5. The van der Waals surface area contributed by atoms with Crippen molar-refractivity contribution in [2.24, 2.45) is 0 Å². The van der Waals surface area contributed by atoms with Crippen molar-refractivity contribution in [2.75, 3.05) is 13.9 Å². The van der Waals surface area contributed by atoms with Crippen LogP contribution in [-0.2, 0) is 11.2 Å². The molecule has 1 aliphatic heterocycles. The van der Waals surface area contributed by atoms with Gasteiger partial charge in [0.2, 0.25) is 6.79 Å². The zero-order chi connectivity index (χ0) is 18.4. The summed E-state index contributed by atoms with van der Waals surface area (Å²) < 4.78 is 15.9. The Morgan fingerprint density at radius 3 is 2.85 bits per heavy atom. The number of carbonyl (C=O) groups excluding carboxylic acids is 1. The fraction of sp³-hybridized carbons (Fsp3) is 0.182. The van der Waals surface area contributed by atoms with Crippen molar-refractivity contribution >= 4 is 28.5 Å². The summed E-state index contributed by atoms with van der Waals surface area (Å²) in [6, 6.07) is 13.6. The smallest absolute Gasteiger partial charge is 0.338 e. The minimum atomic E-state index is -0.311. The minimum Gasteiger partial charge on any atom is -0.465 e. The molecule has 0 unspecified atom stereocenters. The van der Waals surface area contributed by atoms with Crippen LogP contribution in [0, 0.1) is 0 Å². The first kappa shape index (κ1) is 15.9. The standard InChI is InChI=1S/C22H17NO4/c1-25-22(24)20-15-4-2-3-5-17(15)23-21-14(7-8-16(20)21)10-13-6-9-18-19(11-13)27-12-26-18/h2-6,9-11H,7-8,12H2,1H3. The average Bonchev–Trinajstić information content (AvgIpc) is 3.32. The van der Waals surface area contributed by atoms with Crippen LogP contribution in [-0.4, -0.2) is 24.9 Å². The molecule has 134 valence electrons. The van der Waals surface area contributed by atoms with E-state index in [2.05, 4.69) is 6.08 Å². The first-order chi connectivity index (χ1) is 13.2. The topological polar surface area (TPSA) is 57.7 Å². The molecule has 0 bridgehead atoms. The second kappa shape index (κ2) is 6.13. The number of ether oxygens (including phenoxy) is 3. The van der Waals surface area contributed by atoms with E-state index in [1.165, 1.54) is 7.11 Å². The Labute approximate surface area is 156 Å². The molecule has 0 saturated heterocycles. The quantitative estimate of drug-likeness (QED) is 0.641. The third-order valence-electron chi connectivity index (χ3n) is 5.07.